The summed E-state index contributed by atoms with van der Waals surface area (Å²) in [5.74, 6) is 0.701. The summed E-state index contributed by atoms with van der Waals surface area (Å²) < 4.78 is 14.7. The summed E-state index contributed by atoms with van der Waals surface area (Å²) in [6, 6.07) is 0. The lowest BCUT2D eigenvalue weighted by molar-refractivity contribution is 0.238. The van der Waals surface area contributed by atoms with E-state index < -0.39 is 0 Å². The van der Waals surface area contributed by atoms with Gasteiger partial charge in [-0.25, -0.2) is 0 Å². The molecule has 0 bridgehead atoms. The van der Waals surface area contributed by atoms with E-state index in [1.165, 1.54) is 0 Å². The van der Waals surface area contributed by atoms with Crippen molar-refractivity contribution in [3.63, 3.8) is 0 Å². The fourth-order valence-corrected chi connectivity index (χ4v) is 0.685. The van der Waals surface area contributed by atoms with Crippen LogP contribution >= 0.6 is 11.6 Å². The molecule has 0 aliphatic heterocycles. The normalized spacial score (nSPS) is 8.87. The van der Waals surface area contributed by atoms with Crippen LogP contribution < -0.4 is 0 Å². The van der Waals surface area contributed by atoms with Gasteiger partial charge in [0, 0.05) is 5.03 Å². The first-order chi connectivity index (χ1) is 7.07. The second-order valence-corrected chi connectivity index (χ2v) is 2.65. The molecule has 0 aromatic rings. The molecule has 0 aromatic heterocycles. The molecule has 0 atom stereocenters. The molecule has 0 rings (SSSR count). The first kappa shape index (κ1) is 19.8. The van der Waals surface area contributed by atoms with Crippen molar-refractivity contribution in [2.24, 2.45) is 0 Å². The van der Waals surface area contributed by atoms with Crippen molar-refractivity contribution in [1.82, 2.24) is 0 Å². The van der Waals surface area contributed by atoms with Crippen LogP contribution in [-0.4, -0.2) is 13.8 Å². The molecule has 0 aromatic carbocycles. The van der Waals surface area contributed by atoms with E-state index in [-0.39, 0.29) is 0 Å². The Labute approximate surface area is 98.3 Å². The van der Waals surface area contributed by atoms with Gasteiger partial charge in [0.25, 0.3) is 0 Å². The molecule has 15 heavy (non-hydrogen) atoms. The molecule has 1 nitrogen and oxygen atoms in total. The van der Waals surface area contributed by atoms with Crippen molar-refractivity contribution in [2.75, 3.05) is 13.8 Å². The fourth-order valence-electron chi connectivity index (χ4n) is 0.586. The third kappa shape index (κ3) is 16.0. The van der Waals surface area contributed by atoms with Crippen molar-refractivity contribution in [3.8, 4) is 0 Å². The van der Waals surface area contributed by atoms with E-state index >= 15 is 0 Å². The van der Waals surface area contributed by atoms with Crippen molar-refractivity contribution < 1.29 is 9.13 Å². The van der Waals surface area contributed by atoms with Crippen LogP contribution in [-0.2, 0) is 4.74 Å². The SMILES string of the molecule is C=C(Cl)/C=C(/OCC)C(=C)C.CC.CF. The monoisotopic (exact) mass is 236 g/mol. The number of hydrogen-bond acceptors (Lipinski definition) is 1. The number of rotatable bonds is 4. The molecule has 0 radical (unpaired) electrons. The molecule has 90 valence electrons. The zero-order chi connectivity index (χ0) is 12.9. The van der Waals surface area contributed by atoms with Crippen LogP contribution in [0.25, 0.3) is 0 Å². The van der Waals surface area contributed by atoms with Crippen LogP contribution in [0.5, 0.6) is 0 Å². The second kappa shape index (κ2) is 15.7. The van der Waals surface area contributed by atoms with Gasteiger partial charge in [-0.1, -0.05) is 38.6 Å². The van der Waals surface area contributed by atoms with Gasteiger partial charge in [-0.3, -0.25) is 4.39 Å². The summed E-state index contributed by atoms with van der Waals surface area (Å²) in [6.45, 7) is 15.6. The van der Waals surface area contributed by atoms with Gasteiger partial charge in [-0.2, -0.15) is 0 Å². The Kier molecular flexibility index (Phi) is 20.7. The van der Waals surface area contributed by atoms with Gasteiger partial charge in [-0.15, -0.1) is 0 Å². The molecule has 0 saturated carbocycles. The third-order valence-corrected chi connectivity index (χ3v) is 1.12. The van der Waals surface area contributed by atoms with Gasteiger partial charge in [0.15, 0.2) is 0 Å². The number of ether oxygens (including phenoxy) is 1. The smallest absolute Gasteiger partial charge is 0.123 e. The van der Waals surface area contributed by atoms with Crippen molar-refractivity contribution in [2.45, 2.75) is 27.7 Å². The van der Waals surface area contributed by atoms with Crippen LogP contribution in [0.3, 0.4) is 0 Å². The van der Waals surface area contributed by atoms with Crippen molar-refractivity contribution >= 4 is 11.6 Å². The highest BCUT2D eigenvalue weighted by molar-refractivity contribution is 6.30. The summed E-state index contributed by atoms with van der Waals surface area (Å²) in [5.41, 5.74) is 0.855. The molecule has 0 fully saturated rings. The number of halogens is 2. The van der Waals surface area contributed by atoms with E-state index in [1.54, 1.807) is 6.08 Å². The molecule has 0 unspecified atom stereocenters. The summed E-state index contributed by atoms with van der Waals surface area (Å²) in [6.07, 6.45) is 1.66. The maximum Gasteiger partial charge on any atom is 0.123 e. The van der Waals surface area contributed by atoms with Gasteiger partial charge in [0.05, 0.1) is 13.8 Å². The van der Waals surface area contributed by atoms with E-state index in [1.807, 2.05) is 27.7 Å². The lowest BCUT2D eigenvalue weighted by Crippen LogP contribution is -1.92. The maximum atomic E-state index is 9.50. The van der Waals surface area contributed by atoms with Gasteiger partial charge in [0.2, 0.25) is 0 Å². The lowest BCUT2D eigenvalue weighted by Gasteiger charge is -2.06. The van der Waals surface area contributed by atoms with Crippen molar-refractivity contribution in [3.05, 3.63) is 35.6 Å². The molecule has 0 aliphatic carbocycles. The first-order valence-electron chi connectivity index (χ1n) is 4.80. The lowest BCUT2D eigenvalue weighted by atomic mass is 10.2. The quantitative estimate of drug-likeness (QED) is 0.501. The Morgan fingerprint density at radius 3 is 1.93 bits per heavy atom. The van der Waals surface area contributed by atoms with E-state index in [0.29, 0.717) is 24.6 Å². The molecule has 0 amide bonds. The van der Waals surface area contributed by atoms with Crippen LogP contribution in [0, 0.1) is 0 Å². The average Bonchev–Trinajstić information content (AvgIpc) is 2.22. The minimum Gasteiger partial charge on any atom is -0.494 e. The third-order valence-electron chi connectivity index (χ3n) is 1.01. The Bertz CT molecular complexity index is 198. The zero-order valence-corrected chi connectivity index (χ0v) is 11.1. The highest BCUT2D eigenvalue weighted by Gasteiger charge is 1.97. The molecule has 0 aliphatic rings. The summed E-state index contributed by atoms with van der Waals surface area (Å²) in [5, 5.41) is 0.455. The highest BCUT2D eigenvalue weighted by atomic mass is 35.5. The van der Waals surface area contributed by atoms with E-state index in [0.717, 1.165) is 5.57 Å². The van der Waals surface area contributed by atoms with Crippen LogP contribution in [0.1, 0.15) is 27.7 Å². The topological polar surface area (TPSA) is 9.23 Å². The number of allylic oxidation sites excluding steroid dienone is 3. The number of alkyl halides is 1. The van der Waals surface area contributed by atoms with Crippen LogP contribution in [0.4, 0.5) is 4.39 Å². The summed E-state index contributed by atoms with van der Waals surface area (Å²) in [4.78, 5) is 0. The Balaban J connectivity index is -0.000000318. The number of hydrogen-bond donors (Lipinski definition) is 0. The Hall–Kier alpha value is -0.760. The first-order valence-corrected chi connectivity index (χ1v) is 5.18. The Morgan fingerprint density at radius 1 is 1.33 bits per heavy atom. The highest BCUT2D eigenvalue weighted by Crippen LogP contribution is 2.12. The van der Waals surface area contributed by atoms with E-state index in [2.05, 4.69) is 13.2 Å². The van der Waals surface area contributed by atoms with E-state index in [9.17, 15) is 4.39 Å². The predicted molar refractivity (Wildman–Crippen MR) is 67.9 cm³/mol. The molecule has 3 heteroatoms. The molecule has 0 heterocycles. The van der Waals surface area contributed by atoms with E-state index in [4.69, 9.17) is 16.3 Å². The maximum absolute atomic E-state index is 9.50. The second-order valence-electron chi connectivity index (χ2n) is 2.17. The van der Waals surface area contributed by atoms with Crippen molar-refractivity contribution in [1.29, 1.82) is 0 Å². The van der Waals surface area contributed by atoms with Gasteiger partial charge < -0.3 is 4.74 Å². The summed E-state index contributed by atoms with van der Waals surface area (Å²) in [7, 11) is 0.500. The largest absolute Gasteiger partial charge is 0.494 e. The summed E-state index contributed by atoms with van der Waals surface area (Å²) >= 11 is 5.56. The van der Waals surface area contributed by atoms with Gasteiger partial charge in [-0.05, 0) is 25.5 Å². The molecule has 0 saturated heterocycles. The van der Waals surface area contributed by atoms with Gasteiger partial charge >= 0.3 is 0 Å². The van der Waals surface area contributed by atoms with Crippen LogP contribution in [0.15, 0.2) is 35.6 Å². The van der Waals surface area contributed by atoms with Crippen LogP contribution in [0.2, 0.25) is 0 Å². The zero-order valence-electron chi connectivity index (χ0n) is 10.4. The average molecular weight is 237 g/mol. The molecular weight excluding hydrogens is 215 g/mol. The Morgan fingerprint density at radius 2 is 1.73 bits per heavy atom. The van der Waals surface area contributed by atoms with Gasteiger partial charge in [0.1, 0.15) is 5.76 Å². The fraction of sp³-hybridized carbons (Fsp3) is 0.500. The predicted octanol–water partition coefficient (Wildman–Crippen LogP) is 4.85. The standard InChI is InChI=1S/C9H13ClO.C2H6.CH3F/c1-5-11-9(7(2)3)6-8(4)10;2*1-2/h6H,2,4-5H2,1,3H3;1-2H3;1H3/b9-6+;;. The minimum absolute atomic E-state index is 0.455. The molecule has 0 spiro atoms. The molecular formula is C12H22ClFO. The minimum atomic E-state index is 0.455. The molecule has 0 N–H and O–H groups in total.